The molecular weight excluding hydrogens is 318 g/mol. The van der Waals surface area contributed by atoms with Crippen LogP contribution in [0.4, 0.5) is 5.69 Å². The number of rotatable bonds is 2. The summed E-state index contributed by atoms with van der Waals surface area (Å²) in [6, 6.07) is 15.3. The molecule has 4 nitrogen and oxygen atoms in total. The van der Waals surface area contributed by atoms with E-state index < -0.39 is 0 Å². The van der Waals surface area contributed by atoms with Crippen molar-refractivity contribution in [3.8, 4) is 12.1 Å². The number of halogens is 1. The fourth-order valence-corrected chi connectivity index (χ4v) is 1.97. The van der Waals surface area contributed by atoms with Gasteiger partial charge in [-0.2, -0.15) is 10.5 Å². The van der Waals surface area contributed by atoms with Crippen molar-refractivity contribution in [2.45, 2.75) is 0 Å². The second kappa shape index (κ2) is 6.01. The third kappa shape index (κ3) is 3.03. The summed E-state index contributed by atoms with van der Waals surface area (Å²) < 4.78 is 0.770. The Balaban J connectivity index is 2.26. The molecule has 0 aromatic heterocycles. The van der Waals surface area contributed by atoms with Gasteiger partial charge in [0, 0.05) is 10.0 Å². The predicted octanol–water partition coefficient (Wildman–Crippen LogP) is 3.44. The van der Waals surface area contributed by atoms with E-state index in [0.717, 1.165) is 4.47 Å². The zero-order valence-corrected chi connectivity index (χ0v) is 11.8. The zero-order valence-electron chi connectivity index (χ0n) is 10.2. The van der Waals surface area contributed by atoms with Gasteiger partial charge in [-0.05, 0) is 42.5 Å². The van der Waals surface area contributed by atoms with Crippen LogP contribution in [-0.2, 0) is 0 Å². The van der Waals surface area contributed by atoms with Gasteiger partial charge in [0.2, 0.25) is 0 Å². The van der Waals surface area contributed by atoms with Crippen molar-refractivity contribution >= 4 is 27.5 Å². The van der Waals surface area contributed by atoms with E-state index >= 15 is 0 Å². The molecule has 20 heavy (non-hydrogen) atoms. The number of carbonyl (C=O) groups excluding carboxylic acids is 1. The van der Waals surface area contributed by atoms with Crippen molar-refractivity contribution in [2.75, 3.05) is 5.32 Å². The Hall–Kier alpha value is -2.63. The molecular formula is C15H8BrN3O. The molecule has 2 rings (SSSR count). The Labute approximate surface area is 124 Å². The molecule has 0 saturated heterocycles. The van der Waals surface area contributed by atoms with Gasteiger partial charge in [-0.3, -0.25) is 4.79 Å². The Morgan fingerprint density at radius 2 is 1.75 bits per heavy atom. The highest BCUT2D eigenvalue weighted by molar-refractivity contribution is 9.10. The number of carbonyl (C=O) groups is 1. The maximum atomic E-state index is 12.1. The minimum Gasteiger partial charge on any atom is -0.321 e. The van der Waals surface area contributed by atoms with Gasteiger partial charge >= 0.3 is 0 Å². The van der Waals surface area contributed by atoms with Crippen molar-refractivity contribution in [1.82, 2.24) is 0 Å². The van der Waals surface area contributed by atoms with Crippen molar-refractivity contribution < 1.29 is 4.79 Å². The van der Waals surface area contributed by atoms with Crippen LogP contribution >= 0.6 is 15.9 Å². The van der Waals surface area contributed by atoms with Crippen LogP contribution in [-0.4, -0.2) is 5.91 Å². The van der Waals surface area contributed by atoms with Crippen LogP contribution in [0.1, 0.15) is 21.5 Å². The van der Waals surface area contributed by atoms with Crippen LogP contribution in [0.5, 0.6) is 0 Å². The molecule has 0 aliphatic carbocycles. The van der Waals surface area contributed by atoms with Gasteiger partial charge in [-0.15, -0.1) is 0 Å². The van der Waals surface area contributed by atoms with Gasteiger partial charge in [0.15, 0.2) is 0 Å². The molecule has 2 aromatic rings. The lowest BCUT2D eigenvalue weighted by Crippen LogP contribution is -2.12. The van der Waals surface area contributed by atoms with Crippen LogP contribution in [0.25, 0.3) is 0 Å². The van der Waals surface area contributed by atoms with Crippen molar-refractivity contribution in [3.05, 3.63) is 63.6 Å². The third-order valence-corrected chi connectivity index (χ3v) is 3.12. The summed E-state index contributed by atoms with van der Waals surface area (Å²) in [5.74, 6) is -0.330. The first kappa shape index (κ1) is 13.8. The van der Waals surface area contributed by atoms with E-state index in [1.54, 1.807) is 42.5 Å². The van der Waals surface area contributed by atoms with Crippen LogP contribution in [0.15, 0.2) is 46.9 Å². The summed E-state index contributed by atoms with van der Waals surface area (Å²) in [6.07, 6.45) is 0. The van der Waals surface area contributed by atoms with Crippen LogP contribution < -0.4 is 5.32 Å². The van der Waals surface area contributed by atoms with Gasteiger partial charge in [-0.25, -0.2) is 0 Å². The van der Waals surface area contributed by atoms with Crippen molar-refractivity contribution in [1.29, 1.82) is 10.5 Å². The SMILES string of the molecule is N#Cc1ccc(C(=O)Nc2cc(Br)ccc2C#N)cc1. The maximum absolute atomic E-state index is 12.1. The normalized spacial score (nSPS) is 9.35. The van der Waals surface area contributed by atoms with Crippen LogP contribution in [0.2, 0.25) is 0 Å². The molecule has 2 aromatic carbocycles. The molecule has 0 bridgehead atoms. The number of nitrogens with zero attached hydrogens (tertiary/aromatic N) is 2. The number of hydrogen-bond donors (Lipinski definition) is 1. The Morgan fingerprint density at radius 1 is 1.05 bits per heavy atom. The molecule has 0 atom stereocenters. The van der Waals surface area contributed by atoms with Crippen molar-refractivity contribution in [2.24, 2.45) is 0 Å². The van der Waals surface area contributed by atoms with E-state index in [4.69, 9.17) is 10.5 Å². The largest absolute Gasteiger partial charge is 0.321 e. The lowest BCUT2D eigenvalue weighted by molar-refractivity contribution is 0.102. The van der Waals surface area contributed by atoms with E-state index in [9.17, 15) is 4.79 Å². The van der Waals surface area contributed by atoms with E-state index in [2.05, 4.69) is 21.2 Å². The lowest BCUT2D eigenvalue weighted by Gasteiger charge is -2.07. The molecule has 0 unspecified atom stereocenters. The number of nitriles is 2. The van der Waals surface area contributed by atoms with Gasteiger partial charge in [0.1, 0.15) is 6.07 Å². The molecule has 0 fully saturated rings. The first-order valence-electron chi connectivity index (χ1n) is 5.65. The molecule has 0 aliphatic heterocycles. The first-order valence-corrected chi connectivity index (χ1v) is 6.44. The third-order valence-electron chi connectivity index (χ3n) is 2.63. The Bertz CT molecular complexity index is 739. The summed E-state index contributed by atoms with van der Waals surface area (Å²) in [5.41, 5.74) is 1.74. The summed E-state index contributed by atoms with van der Waals surface area (Å²) in [7, 11) is 0. The topological polar surface area (TPSA) is 76.7 Å². The monoisotopic (exact) mass is 325 g/mol. The predicted molar refractivity (Wildman–Crippen MR) is 78.0 cm³/mol. The van der Waals surface area contributed by atoms with Crippen LogP contribution in [0, 0.1) is 22.7 Å². The number of anilines is 1. The Kier molecular flexibility index (Phi) is 4.14. The molecule has 0 radical (unpaired) electrons. The summed E-state index contributed by atoms with van der Waals surface area (Å²) in [4.78, 5) is 12.1. The second-order valence-corrected chi connectivity index (χ2v) is 4.86. The lowest BCUT2D eigenvalue weighted by atomic mass is 10.1. The standard InChI is InChI=1S/C15H8BrN3O/c16-13-6-5-12(9-18)14(7-13)19-15(20)11-3-1-10(8-17)2-4-11/h1-7H,(H,19,20). The average Bonchev–Trinajstić information content (AvgIpc) is 2.47. The quantitative estimate of drug-likeness (QED) is 0.918. The fourth-order valence-electron chi connectivity index (χ4n) is 1.61. The minimum atomic E-state index is -0.330. The number of benzene rings is 2. The van der Waals surface area contributed by atoms with E-state index in [1.807, 2.05) is 12.1 Å². The average molecular weight is 326 g/mol. The van der Waals surface area contributed by atoms with E-state index in [-0.39, 0.29) is 5.91 Å². The molecule has 0 saturated carbocycles. The van der Waals surface area contributed by atoms with Crippen LogP contribution in [0.3, 0.4) is 0 Å². The molecule has 0 heterocycles. The summed E-state index contributed by atoms with van der Waals surface area (Å²) >= 11 is 3.29. The number of nitrogens with one attached hydrogen (secondary N) is 1. The smallest absolute Gasteiger partial charge is 0.255 e. The maximum Gasteiger partial charge on any atom is 0.255 e. The zero-order chi connectivity index (χ0) is 14.5. The second-order valence-electron chi connectivity index (χ2n) is 3.94. The number of amides is 1. The fraction of sp³-hybridized carbons (Fsp3) is 0. The van der Waals surface area contributed by atoms with Gasteiger partial charge in [0.25, 0.3) is 5.91 Å². The molecule has 0 spiro atoms. The van der Waals surface area contributed by atoms with Crippen molar-refractivity contribution in [3.63, 3.8) is 0 Å². The minimum absolute atomic E-state index is 0.330. The van der Waals surface area contributed by atoms with E-state index in [0.29, 0.717) is 22.4 Å². The summed E-state index contributed by atoms with van der Waals surface area (Å²) in [6.45, 7) is 0. The Morgan fingerprint density at radius 3 is 2.35 bits per heavy atom. The molecule has 96 valence electrons. The molecule has 5 heteroatoms. The highest BCUT2D eigenvalue weighted by Crippen LogP contribution is 2.21. The van der Waals surface area contributed by atoms with Gasteiger partial charge in [0.05, 0.1) is 22.9 Å². The van der Waals surface area contributed by atoms with E-state index in [1.165, 1.54) is 0 Å². The molecule has 0 aliphatic rings. The number of hydrogen-bond acceptors (Lipinski definition) is 3. The molecule has 1 amide bonds. The van der Waals surface area contributed by atoms with Gasteiger partial charge < -0.3 is 5.32 Å². The first-order chi connectivity index (χ1) is 9.63. The van der Waals surface area contributed by atoms with Gasteiger partial charge in [-0.1, -0.05) is 15.9 Å². The highest BCUT2D eigenvalue weighted by Gasteiger charge is 2.09. The molecule has 1 N–H and O–H groups in total. The summed E-state index contributed by atoms with van der Waals surface area (Å²) in [5, 5.41) is 20.4. The highest BCUT2D eigenvalue weighted by atomic mass is 79.9.